The monoisotopic (exact) mass is 654 g/mol. The van der Waals surface area contributed by atoms with Gasteiger partial charge in [0.25, 0.3) is 0 Å². The lowest BCUT2D eigenvalue weighted by molar-refractivity contribution is 0.545. The topological polar surface area (TPSA) is 0 Å². The molecule has 0 atom stereocenters. The molecule has 254 valence electrons. The van der Waals surface area contributed by atoms with Gasteiger partial charge in [0.2, 0.25) is 0 Å². The molecule has 0 bridgehead atoms. The third-order valence-corrected chi connectivity index (χ3v) is 7.04. The first-order valence-corrected chi connectivity index (χ1v) is 16.4. The van der Waals surface area contributed by atoms with Gasteiger partial charge < -0.3 is 0 Å². The van der Waals surface area contributed by atoms with E-state index in [-0.39, 0.29) is 22.1 Å². The highest BCUT2D eigenvalue weighted by Crippen LogP contribution is 2.25. The van der Waals surface area contributed by atoms with Gasteiger partial charge in [-0.25, -0.2) is 13.2 Å². The van der Waals surface area contributed by atoms with Gasteiger partial charge in [0.05, 0.1) is 0 Å². The van der Waals surface area contributed by atoms with Crippen LogP contribution in [0.1, 0.15) is 119 Å². The fourth-order valence-corrected chi connectivity index (χ4v) is 3.95. The Balaban J connectivity index is 0.000000577. The maximum Gasteiger partial charge on any atom is 0.126 e. The van der Waals surface area contributed by atoms with Gasteiger partial charge in [0.1, 0.15) is 17.5 Å². The van der Waals surface area contributed by atoms with Crippen molar-refractivity contribution in [2.75, 3.05) is 0 Å². The molecule has 4 rings (SSSR count). The van der Waals surface area contributed by atoms with E-state index in [0.717, 1.165) is 11.1 Å². The molecule has 0 unspecified atom stereocenters. The standard InChI is InChI=1S/C10H13Cl.C10H12F2.C10H13F.C10H14.C2H6/c1-10(2,3)8-4-6-9(11)7-5-8;1-10(2,3)7-4-8(11)6-9(12)5-7;1-10(2,3)8-4-6-9(11)7-5-8;1-10(2,3)9-7-5-4-6-8-9;1-2/h4-7H,1-3H3;4-6H,1-3H3;4-7H,1-3H3;4-8H,1-3H3;1-2H3. The van der Waals surface area contributed by atoms with Crippen molar-refractivity contribution in [1.29, 1.82) is 0 Å². The molecule has 0 radical (unpaired) electrons. The Morgan fingerprint density at radius 1 is 0.370 bits per heavy atom. The van der Waals surface area contributed by atoms with E-state index in [1.165, 1.54) is 41.0 Å². The minimum Gasteiger partial charge on any atom is -0.207 e. The molecule has 0 heterocycles. The highest BCUT2D eigenvalue weighted by atomic mass is 35.5. The Kier molecular flexibility index (Phi) is 17.7. The molecule has 4 aromatic carbocycles. The van der Waals surface area contributed by atoms with Crippen molar-refractivity contribution >= 4 is 11.6 Å². The Labute approximate surface area is 284 Å². The smallest absolute Gasteiger partial charge is 0.126 e. The van der Waals surface area contributed by atoms with E-state index in [1.807, 2.05) is 58.9 Å². The van der Waals surface area contributed by atoms with Crippen LogP contribution in [0, 0.1) is 17.5 Å². The van der Waals surface area contributed by atoms with Crippen LogP contribution in [-0.2, 0) is 21.7 Å². The van der Waals surface area contributed by atoms with Crippen LogP contribution in [-0.4, -0.2) is 0 Å². The quantitative estimate of drug-likeness (QED) is 0.177. The molecule has 0 amide bonds. The lowest BCUT2D eigenvalue weighted by Crippen LogP contribution is -2.11. The molecule has 0 saturated carbocycles. The van der Waals surface area contributed by atoms with Gasteiger partial charge in [-0.2, -0.15) is 0 Å². The molecule has 4 heteroatoms. The molecule has 4 aromatic rings. The Morgan fingerprint density at radius 3 is 0.978 bits per heavy atom. The predicted octanol–water partition coefficient (Wildman–Crippen LogP) is 14.0. The molecular weight excluding hydrogens is 597 g/mol. The number of benzene rings is 4. The van der Waals surface area contributed by atoms with Crippen LogP contribution in [0.2, 0.25) is 5.02 Å². The molecule has 0 aliphatic rings. The van der Waals surface area contributed by atoms with Crippen molar-refractivity contribution in [3.8, 4) is 0 Å². The van der Waals surface area contributed by atoms with Crippen molar-refractivity contribution in [3.63, 3.8) is 0 Å². The lowest BCUT2D eigenvalue weighted by atomic mass is 9.87. The second kappa shape index (κ2) is 18.9. The Hall–Kier alpha value is -3.04. The van der Waals surface area contributed by atoms with Gasteiger partial charge >= 0.3 is 0 Å². The zero-order chi connectivity index (χ0) is 35.9. The molecule has 0 aliphatic carbocycles. The van der Waals surface area contributed by atoms with Gasteiger partial charge in [-0.15, -0.1) is 0 Å². The van der Waals surface area contributed by atoms with Crippen LogP contribution in [0.5, 0.6) is 0 Å². The Bertz CT molecular complexity index is 1300. The SMILES string of the molecule is CC.CC(C)(C)c1cc(F)cc(F)c1.CC(C)(C)c1ccc(Cl)cc1.CC(C)(C)c1ccc(F)cc1.CC(C)(C)c1ccccc1. The maximum absolute atomic E-state index is 12.7. The summed E-state index contributed by atoms with van der Waals surface area (Å²) in [5, 5.41) is 0.804. The number of hydrogen-bond acceptors (Lipinski definition) is 0. The average Bonchev–Trinajstić information content (AvgIpc) is 2.94. The van der Waals surface area contributed by atoms with Crippen molar-refractivity contribution in [2.24, 2.45) is 0 Å². The van der Waals surface area contributed by atoms with E-state index in [1.54, 1.807) is 0 Å². The summed E-state index contributed by atoms with van der Waals surface area (Å²) in [5.41, 5.74) is 5.00. The summed E-state index contributed by atoms with van der Waals surface area (Å²) in [6.45, 7) is 29.3. The normalized spacial score (nSPS) is 11.3. The van der Waals surface area contributed by atoms with Crippen LogP contribution < -0.4 is 0 Å². The number of halogens is 4. The van der Waals surface area contributed by atoms with Crippen LogP contribution in [0.3, 0.4) is 0 Å². The zero-order valence-corrected chi connectivity index (χ0v) is 31.5. The average molecular weight is 655 g/mol. The van der Waals surface area contributed by atoms with E-state index in [4.69, 9.17) is 11.6 Å². The summed E-state index contributed by atoms with van der Waals surface area (Å²) in [4.78, 5) is 0. The van der Waals surface area contributed by atoms with Crippen LogP contribution in [0.15, 0.2) is 97.1 Å². The van der Waals surface area contributed by atoms with Gasteiger partial charge in [-0.1, -0.05) is 163 Å². The Morgan fingerprint density at radius 2 is 0.674 bits per heavy atom. The summed E-state index contributed by atoms with van der Waals surface area (Å²) >= 11 is 5.76. The van der Waals surface area contributed by atoms with Crippen molar-refractivity contribution in [2.45, 2.75) is 119 Å². The van der Waals surface area contributed by atoms with Gasteiger partial charge in [-0.3, -0.25) is 0 Å². The minimum absolute atomic E-state index is 0.119. The summed E-state index contributed by atoms with van der Waals surface area (Å²) in [7, 11) is 0. The van der Waals surface area contributed by atoms with E-state index in [0.29, 0.717) is 11.0 Å². The van der Waals surface area contributed by atoms with Crippen molar-refractivity contribution in [1.82, 2.24) is 0 Å². The molecule has 0 spiro atoms. The van der Waals surface area contributed by atoms with Crippen LogP contribution >= 0.6 is 11.6 Å². The van der Waals surface area contributed by atoms with Gasteiger partial charge in [-0.05, 0) is 80.3 Å². The molecule has 46 heavy (non-hydrogen) atoms. The fraction of sp³-hybridized carbons (Fsp3) is 0.429. The van der Waals surface area contributed by atoms with Gasteiger partial charge in [0, 0.05) is 11.1 Å². The molecule has 0 fully saturated rings. The predicted molar refractivity (Wildman–Crippen MR) is 197 cm³/mol. The highest BCUT2D eigenvalue weighted by Gasteiger charge is 2.16. The first kappa shape index (κ1) is 43.0. The summed E-state index contributed by atoms with van der Waals surface area (Å²) in [6.07, 6.45) is 0. The van der Waals surface area contributed by atoms with E-state index in [2.05, 4.69) is 105 Å². The summed E-state index contributed by atoms with van der Waals surface area (Å²) in [6, 6.07) is 28.8. The van der Waals surface area contributed by atoms with Crippen molar-refractivity contribution in [3.05, 3.63) is 142 Å². The van der Waals surface area contributed by atoms with Crippen LogP contribution in [0.25, 0.3) is 0 Å². The number of hydrogen-bond donors (Lipinski definition) is 0. The molecule has 0 aliphatic heterocycles. The fourth-order valence-electron chi connectivity index (χ4n) is 3.82. The summed E-state index contributed by atoms with van der Waals surface area (Å²) < 4.78 is 37.9. The van der Waals surface area contributed by atoms with Crippen LogP contribution in [0.4, 0.5) is 13.2 Å². The largest absolute Gasteiger partial charge is 0.207 e. The molecule has 0 nitrogen and oxygen atoms in total. The summed E-state index contributed by atoms with van der Waals surface area (Å²) in [5.74, 6) is -1.20. The van der Waals surface area contributed by atoms with E-state index < -0.39 is 11.6 Å². The first-order chi connectivity index (χ1) is 21.0. The minimum atomic E-state index is -0.514. The van der Waals surface area contributed by atoms with E-state index in [9.17, 15) is 13.2 Å². The highest BCUT2D eigenvalue weighted by molar-refractivity contribution is 6.30. The maximum atomic E-state index is 12.7. The molecular formula is C42H58ClF3. The lowest BCUT2D eigenvalue weighted by Gasteiger charge is -2.18. The first-order valence-electron chi connectivity index (χ1n) is 16.0. The van der Waals surface area contributed by atoms with E-state index >= 15 is 0 Å². The third-order valence-electron chi connectivity index (χ3n) is 6.79. The zero-order valence-electron chi connectivity index (χ0n) is 30.7. The molecule has 0 saturated heterocycles. The van der Waals surface area contributed by atoms with Crippen molar-refractivity contribution < 1.29 is 13.2 Å². The molecule has 0 N–H and O–H groups in total. The van der Waals surface area contributed by atoms with Gasteiger partial charge in [0.15, 0.2) is 0 Å². The second-order valence-electron chi connectivity index (χ2n) is 15.0. The molecule has 0 aromatic heterocycles. The second-order valence-corrected chi connectivity index (χ2v) is 15.5. The number of rotatable bonds is 0. The third kappa shape index (κ3) is 17.6.